The molecule has 0 atom stereocenters. The van der Waals surface area contributed by atoms with E-state index >= 15 is 0 Å². The van der Waals surface area contributed by atoms with Gasteiger partial charge in [-0.05, 0) is 82.9 Å². The van der Waals surface area contributed by atoms with Crippen molar-refractivity contribution in [2.45, 2.75) is 0 Å². The van der Waals surface area contributed by atoms with Crippen molar-refractivity contribution < 1.29 is 0 Å². The lowest BCUT2D eigenvalue weighted by Gasteiger charge is -2.24. The van der Waals surface area contributed by atoms with Gasteiger partial charge in [0.25, 0.3) is 0 Å². The molecule has 9 rings (SSSR count). The van der Waals surface area contributed by atoms with Crippen molar-refractivity contribution in [2.24, 2.45) is 0 Å². The lowest BCUT2D eigenvalue weighted by molar-refractivity contribution is 1.18. The Kier molecular flexibility index (Phi) is 7.23. The maximum Gasteiger partial charge on any atom is 0.101 e. The van der Waals surface area contributed by atoms with Gasteiger partial charge in [-0.1, -0.05) is 121 Å². The van der Waals surface area contributed by atoms with Gasteiger partial charge in [0.1, 0.15) is 5.00 Å². The van der Waals surface area contributed by atoms with E-state index in [0.29, 0.717) is 0 Å². The Labute approximate surface area is 288 Å². The lowest BCUT2D eigenvalue weighted by atomic mass is 10.0. The zero-order chi connectivity index (χ0) is 31.9. The first-order chi connectivity index (χ1) is 23.8. The molecule has 0 radical (unpaired) electrons. The molecular weight excluding hydrogens is 621 g/mol. The molecule has 0 spiro atoms. The minimum Gasteiger partial charge on any atom is -0.308 e. The van der Waals surface area contributed by atoms with Crippen molar-refractivity contribution in [1.29, 1.82) is 0 Å². The van der Waals surface area contributed by atoms with E-state index in [9.17, 15) is 0 Å². The average molecular weight is 651 g/mol. The number of fused-ring (bicyclic) bond motifs is 3. The van der Waals surface area contributed by atoms with E-state index in [1.807, 2.05) is 22.7 Å². The first kappa shape index (κ1) is 28.5. The second-order valence-electron chi connectivity index (χ2n) is 11.8. The number of hydrogen-bond donors (Lipinski definition) is 0. The zero-order valence-corrected chi connectivity index (χ0v) is 27.7. The Morgan fingerprint density at radius 3 is 1.52 bits per heavy atom. The SMILES string of the molecule is c1ccc(-c2ccc(N(c3ccc(-c4ccccc4)cc3)c3ccc(-c4cc5c(s4)c4ccccc4n5-c4ccccc4)s3)cc2)cc1. The Hall–Kier alpha value is -5.68. The molecule has 4 heteroatoms. The standard InChI is InChI=1S/C44H30N2S2/c1-4-12-31(13-5-1)33-20-24-36(25-21-33)45(37-26-22-34(23-27-37)32-14-6-2-7-15-32)43-29-28-41(47-43)42-30-40-44(48-42)38-18-10-11-19-39(38)46(40)35-16-8-3-9-17-35/h1-30H. The molecule has 0 saturated carbocycles. The van der Waals surface area contributed by atoms with Gasteiger partial charge in [0.15, 0.2) is 0 Å². The second-order valence-corrected chi connectivity index (χ2v) is 13.9. The third-order valence-electron chi connectivity index (χ3n) is 8.88. The van der Waals surface area contributed by atoms with Crippen molar-refractivity contribution >= 4 is 60.2 Å². The van der Waals surface area contributed by atoms with Gasteiger partial charge < -0.3 is 9.47 Å². The topological polar surface area (TPSA) is 8.17 Å². The third kappa shape index (κ3) is 5.12. The molecule has 48 heavy (non-hydrogen) atoms. The maximum atomic E-state index is 2.40. The monoisotopic (exact) mass is 650 g/mol. The minimum absolute atomic E-state index is 1.13. The fraction of sp³-hybridized carbons (Fsp3) is 0. The van der Waals surface area contributed by atoms with Crippen LogP contribution in [0.15, 0.2) is 182 Å². The van der Waals surface area contributed by atoms with E-state index in [1.165, 1.54) is 63.8 Å². The summed E-state index contributed by atoms with van der Waals surface area (Å²) < 4.78 is 3.72. The van der Waals surface area contributed by atoms with Gasteiger partial charge in [-0.25, -0.2) is 0 Å². The number of anilines is 3. The number of aromatic nitrogens is 1. The molecule has 6 aromatic carbocycles. The number of para-hydroxylation sites is 2. The summed E-state index contributed by atoms with van der Waals surface area (Å²) in [6.07, 6.45) is 0. The predicted molar refractivity (Wildman–Crippen MR) is 208 cm³/mol. The molecule has 3 heterocycles. The number of thiophene rings is 2. The quantitative estimate of drug-likeness (QED) is 0.167. The molecule has 3 aromatic heterocycles. The van der Waals surface area contributed by atoms with Crippen molar-refractivity contribution in [3.8, 4) is 37.7 Å². The van der Waals surface area contributed by atoms with Gasteiger partial charge in [0.2, 0.25) is 0 Å². The molecule has 2 nitrogen and oxygen atoms in total. The number of nitrogens with zero attached hydrogens (tertiary/aromatic N) is 2. The summed E-state index contributed by atoms with van der Waals surface area (Å²) in [6, 6.07) is 65.4. The van der Waals surface area contributed by atoms with Crippen LogP contribution in [-0.2, 0) is 0 Å². The van der Waals surface area contributed by atoms with Crippen LogP contribution in [0.2, 0.25) is 0 Å². The summed E-state index contributed by atoms with van der Waals surface area (Å²) in [6.45, 7) is 0. The highest BCUT2D eigenvalue weighted by Crippen LogP contribution is 2.47. The maximum absolute atomic E-state index is 2.40. The van der Waals surface area contributed by atoms with Crippen LogP contribution in [0.5, 0.6) is 0 Å². The highest BCUT2D eigenvalue weighted by molar-refractivity contribution is 7.27. The molecule has 0 unspecified atom stereocenters. The van der Waals surface area contributed by atoms with Crippen molar-refractivity contribution in [3.05, 3.63) is 182 Å². The molecule has 0 aliphatic rings. The molecule has 0 saturated heterocycles. The molecule has 228 valence electrons. The van der Waals surface area contributed by atoms with Gasteiger partial charge in [-0.2, -0.15) is 0 Å². The van der Waals surface area contributed by atoms with Gasteiger partial charge in [-0.15, -0.1) is 22.7 Å². The van der Waals surface area contributed by atoms with E-state index in [2.05, 4.69) is 191 Å². The molecule has 0 amide bonds. The summed E-state index contributed by atoms with van der Waals surface area (Å²) >= 11 is 3.72. The van der Waals surface area contributed by atoms with Crippen molar-refractivity contribution in [2.75, 3.05) is 4.90 Å². The van der Waals surface area contributed by atoms with Gasteiger partial charge in [-0.3, -0.25) is 0 Å². The average Bonchev–Trinajstić information content (AvgIpc) is 3.89. The van der Waals surface area contributed by atoms with Crippen LogP contribution in [0.3, 0.4) is 0 Å². The van der Waals surface area contributed by atoms with Crippen LogP contribution in [0, 0.1) is 0 Å². The molecule has 9 aromatic rings. The smallest absolute Gasteiger partial charge is 0.101 e. The molecule has 0 N–H and O–H groups in total. The molecule has 0 aliphatic heterocycles. The van der Waals surface area contributed by atoms with E-state index in [4.69, 9.17) is 0 Å². The number of benzene rings is 6. The first-order valence-corrected chi connectivity index (χ1v) is 17.7. The van der Waals surface area contributed by atoms with Crippen LogP contribution < -0.4 is 4.90 Å². The predicted octanol–water partition coefficient (Wildman–Crippen LogP) is 13.4. The van der Waals surface area contributed by atoms with Gasteiger partial charge in [0, 0.05) is 32.2 Å². The van der Waals surface area contributed by atoms with Crippen LogP contribution in [-0.4, -0.2) is 4.57 Å². The Balaban J connectivity index is 1.13. The highest BCUT2D eigenvalue weighted by atomic mass is 32.1. The summed E-state index contributed by atoms with van der Waals surface area (Å²) in [7, 11) is 0. The summed E-state index contributed by atoms with van der Waals surface area (Å²) in [5.41, 5.74) is 10.8. The van der Waals surface area contributed by atoms with Crippen LogP contribution >= 0.6 is 22.7 Å². The van der Waals surface area contributed by atoms with Gasteiger partial charge >= 0.3 is 0 Å². The molecule has 0 bridgehead atoms. The molecule has 0 aliphatic carbocycles. The third-order valence-corrected chi connectivity index (χ3v) is 11.3. The second kappa shape index (κ2) is 12.2. The largest absolute Gasteiger partial charge is 0.308 e. The highest BCUT2D eigenvalue weighted by Gasteiger charge is 2.20. The van der Waals surface area contributed by atoms with Crippen LogP contribution in [0.4, 0.5) is 16.4 Å². The fourth-order valence-electron chi connectivity index (χ4n) is 6.56. The molecular formula is C44H30N2S2. The normalized spacial score (nSPS) is 11.3. The van der Waals surface area contributed by atoms with E-state index in [1.54, 1.807) is 0 Å². The van der Waals surface area contributed by atoms with Crippen LogP contribution in [0.1, 0.15) is 0 Å². The summed E-state index contributed by atoms with van der Waals surface area (Å²) in [4.78, 5) is 4.93. The summed E-state index contributed by atoms with van der Waals surface area (Å²) in [5.74, 6) is 0. The lowest BCUT2D eigenvalue weighted by Crippen LogP contribution is -2.08. The van der Waals surface area contributed by atoms with E-state index < -0.39 is 0 Å². The van der Waals surface area contributed by atoms with Crippen molar-refractivity contribution in [1.82, 2.24) is 4.57 Å². The van der Waals surface area contributed by atoms with E-state index in [0.717, 1.165) is 11.4 Å². The summed E-state index contributed by atoms with van der Waals surface area (Å²) in [5, 5.41) is 2.47. The minimum atomic E-state index is 1.13. The van der Waals surface area contributed by atoms with Crippen LogP contribution in [0.25, 0.3) is 58.8 Å². The Morgan fingerprint density at radius 1 is 0.396 bits per heavy atom. The molecule has 0 fully saturated rings. The number of rotatable bonds is 7. The zero-order valence-electron chi connectivity index (χ0n) is 26.0. The number of hydrogen-bond acceptors (Lipinski definition) is 3. The Morgan fingerprint density at radius 2 is 0.917 bits per heavy atom. The van der Waals surface area contributed by atoms with E-state index in [-0.39, 0.29) is 0 Å². The van der Waals surface area contributed by atoms with Crippen molar-refractivity contribution in [3.63, 3.8) is 0 Å². The Bertz CT molecular complexity index is 2390. The first-order valence-electron chi connectivity index (χ1n) is 16.1. The van der Waals surface area contributed by atoms with Gasteiger partial charge in [0.05, 0.1) is 15.7 Å². The fourth-order valence-corrected chi connectivity index (χ4v) is 8.86.